The van der Waals surface area contributed by atoms with E-state index in [9.17, 15) is 4.79 Å². The molecule has 0 aromatic heterocycles. The van der Waals surface area contributed by atoms with E-state index < -0.39 is 3.12 Å². The Labute approximate surface area is 146 Å². The molecule has 0 amide bonds. The molecular weight excluding hydrogens is 290 g/mol. The Morgan fingerprint density at radius 2 is 1.71 bits per heavy atom. The third kappa shape index (κ3) is 6.36. The van der Waals surface area contributed by atoms with Crippen LogP contribution in [0.2, 0.25) is 0 Å². The van der Waals surface area contributed by atoms with Gasteiger partial charge in [-0.25, -0.2) is 0 Å². The number of carbonyl (C=O) groups excluding carboxylic acids is 1. The number of alkyl halides is 3. The average molecular weight is 296 g/mol. The maximum atomic E-state index is 11.4. The Balaban J connectivity index is 0. The van der Waals surface area contributed by atoms with Crippen molar-refractivity contribution in [2.24, 2.45) is 0 Å². The number of halogens is 3. The second kappa shape index (κ2) is 7.15. The summed E-state index contributed by atoms with van der Waals surface area (Å²) in [5.74, 6) is 0. The predicted molar refractivity (Wildman–Crippen MR) is 59.8 cm³/mol. The van der Waals surface area contributed by atoms with Crippen molar-refractivity contribution in [3.05, 3.63) is 35.9 Å². The monoisotopic (exact) mass is 294 g/mol. The van der Waals surface area contributed by atoms with E-state index in [1.54, 1.807) is 24.3 Å². The minimum absolute atomic E-state index is 0. The number of hydrogen-bond acceptors (Lipinski definition) is 2. The van der Waals surface area contributed by atoms with Gasteiger partial charge in [-0.3, -0.25) is 4.79 Å². The largest absolute Gasteiger partial charge is 1.00 e. The Morgan fingerprint density at radius 1 is 1.21 bits per heavy atom. The van der Waals surface area contributed by atoms with Gasteiger partial charge >= 0.3 is 51.4 Å². The Bertz CT molecular complexity index is 305. The molecule has 0 aliphatic heterocycles. The summed E-state index contributed by atoms with van der Waals surface area (Å²) in [5, 5.41) is -0.249. The summed E-state index contributed by atoms with van der Waals surface area (Å²) in [5.41, 5.74) is 0.527. The van der Waals surface area contributed by atoms with E-state index in [2.05, 4.69) is 0 Å². The summed E-state index contributed by atoms with van der Waals surface area (Å²) >= 11 is 17.0. The quantitative estimate of drug-likeness (QED) is 0.568. The van der Waals surface area contributed by atoms with Gasteiger partial charge in [-0.2, -0.15) is 0 Å². The smallest absolute Gasteiger partial charge is 1.00 e. The summed E-state index contributed by atoms with van der Waals surface area (Å²) in [6.45, 7) is 0. The third-order valence-electron chi connectivity index (χ3n) is 1.22. The molecule has 1 rings (SSSR count). The summed E-state index contributed by atoms with van der Waals surface area (Å²) in [7, 11) is 0. The van der Waals surface area contributed by atoms with Crippen LogP contribution in [0.1, 0.15) is 11.8 Å². The number of thioether (sulfide) groups is 1. The molecule has 0 fully saturated rings. The molecule has 0 N–H and O–H groups in total. The SMILES string of the molecule is O=C(SC(Cl)(Cl)Cl)c1ccccc1.[H-].[K+]. The zero-order valence-corrected chi connectivity index (χ0v) is 13.5. The van der Waals surface area contributed by atoms with Crippen molar-refractivity contribution in [3.63, 3.8) is 0 Å². The summed E-state index contributed by atoms with van der Waals surface area (Å²) in [6, 6.07) is 8.67. The molecule has 0 spiro atoms. The van der Waals surface area contributed by atoms with Crippen molar-refractivity contribution in [2.75, 3.05) is 0 Å². The van der Waals surface area contributed by atoms with Crippen LogP contribution in [-0.2, 0) is 0 Å². The first kappa shape index (κ1) is 15.7. The molecule has 0 aliphatic rings. The minimum Gasteiger partial charge on any atom is -1.00 e. The first-order chi connectivity index (χ1) is 5.99. The van der Waals surface area contributed by atoms with Crippen molar-refractivity contribution >= 4 is 51.7 Å². The van der Waals surface area contributed by atoms with Crippen molar-refractivity contribution in [1.29, 1.82) is 0 Å². The summed E-state index contributed by atoms with van der Waals surface area (Å²) in [4.78, 5) is 11.4. The number of benzene rings is 1. The van der Waals surface area contributed by atoms with Crippen LogP contribution in [0.4, 0.5) is 0 Å². The van der Waals surface area contributed by atoms with Gasteiger partial charge < -0.3 is 1.43 Å². The first-order valence-electron chi connectivity index (χ1n) is 3.34. The summed E-state index contributed by atoms with van der Waals surface area (Å²) in [6.07, 6.45) is 0. The third-order valence-corrected chi connectivity index (χ3v) is 2.56. The van der Waals surface area contributed by atoms with Crippen molar-refractivity contribution < 1.29 is 57.6 Å². The van der Waals surface area contributed by atoms with Gasteiger partial charge in [0.05, 0.1) is 0 Å². The van der Waals surface area contributed by atoms with Crippen LogP contribution in [0, 0.1) is 0 Å². The summed E-state index contributed by atoms with van der Waals surface area (Å²) < 4.78 is -1.59. The molecule has 1 aromatic carbocycles. The Hall–Kier alpha value is 1.75. The normalized spacial score (nSPS) is 10.5. The van der Waals surface area contributed by atoms with Gasteiger partial charge in [0.2, 0.25) is 8.24 Å². The molecule has 6 heteroatoms. The minimum atomic E-state index is -1.59. The van der Waals surface area contributed by atoms with E-state index in [-0.39, 0.29) is 57.9 Å². The van der Waals surface area contributed by atoms with Gasteiger partial charge in [0.1, 0.15) is 0 Å². The van der Waals surface area contributed by atoms with Crippen molar-refractivity contribution in [2.45, 2.75) is 3.12 Å². The van der Waals surface area contributed by atoms with E-state index >= 15 is 0 Å². The van der Waals surface area contributed by atoms with Gasteiger partial charge in [-0.1, -0.05) is 65.1 Å². The van der Waals surface area contributed by atoms with Crippen LogP contribution in [-0.4, -0.2) is 8.24 Å². The molecule has 1 nitrogen and oxygen atoms in total. The zero-order valence-electron chi connectivity index (χ0n) is 8.34. The molecule has 0 atom stereocenters. The van der Waals surface area contributed by atoms with Crippen LogP contribution in [0.15, 0.2) is 30.3 Å². The van der Waals surface area contributed by atoms with Crippen LogP contribution >= 0.6 is 46.6 Å². The second-order valence-corrected chi connectivity index (χ2v) is 6.34. The van der Waals surface area contributed by atoms with Crippen LogP contribution in [0.5, 0.6) is 0 Å². The molecular formula is C8H6Cl3KOS. The fraction of sp³-hybridized carbons (Fsp3) is 0.125. The predicted octanol–water partition coefficient (Wildman–Crippen LogP) is 1.00. The Morgan fingerprint density at radius 3 is 2.14 bits per heavy atom. The number of carbonyl (C=O) groups is 1. The van der Waals surface area contributed by atoms with Gasteiger partial charge in [0.15, 0.2) is 0 Å². The second-order valence-electron chi connectivity index (χ2n) is 2.20. The van der Waals surface area contributed by atoms with Crippen molar-refractivity contribution in [1.82, 2.24) is 0 Å². The van der Waals surface area contributed by atoms with Crippen molar-refractivity contribution in [3.8, 4) is 0 Å². The van der Waals surface area contributed by atoms with Gasteiger partial charge in [-0.15, -0.1) is 0 Å². The topological polar surface area (TPSA) is 17.1 Å². The molecule has 72 valence electrons. The van der Waals surface area contributed by atoms with E-state index in [1.165, 1.54) is 0 Å². The molecule has 0 unspecified atom stereocenters. The average Bonchev–Trinajstić information content (AvgIpc) is 2.03. The molecule has 0 heterocycles. The van der Waals surface area contributed by atoms with E-state index in [1.807, 2.05) is 6.07 Å². The van der Waals surface area contributed by atoms with E-state index in [4.69, 9.17) is 34.8 Å². The van der Waals surface area contributed by atoms with Gasteiger partial charge in [0, 0.05) is 5.56 Å². The fourth-order valence-electron chi connectivity index (χ4n) is 0.738. The van der Waals surface area contributed by atoms with E-state index in [0.29, 0.717) is 17.3 Å². The standard InChI is InChI=1S/C8H5Cl3OS.K.H/c9-8(10,11)13-7(12)6-4-2-1-3-5-6;;/h1-5H;;/q;+1;-1. The maximum Gasteiger partial charge on any atom is 1.00 e. The van der Waals surface area contributed by atoms with Crippen LogP contribution in [0.3, 0.4) is 0 Å². The molecule has 0 aliphatic carbocycles. The Kier molecular flexibility index (Phi) is 8.04. The fourth-order valence-corrected chi connectivity index (χ4v) is 1.83. The molecule has 1 aromatic rings. The molecule has 0 radical (unpaired) electrons. The maximum absolute atomic E-state index is 11.4. The van der Waals surface area contributed by atoms with E-state index in [0.717, 1.165) is 0 Å². The van der Waals surface area contributed by atoms with Crippen LogP contribution < -0.4 is 51.4 Å². The van der Waals surface area contributed by atoms with Crippen LogP contribution in [0.25, 0.3) is 0 Å². The first-order valence-corrected chi connectivity index (χ1v) is 5.29. The molecule has 0 saturated carbocycles. The molecule has 14 heavy (non-hydrogen) atoms. The number of hydrogen-bond donors (Lipinski definition) is 0. The molecule has 0 saturated heterocycles. The van der Waals surface area contributed by atoms with Gasteiger partial charge in [-0.05, 0) is 11.8 Å². The zero-order chi connectivity index (χ0) is 9.90. The van der Waals surface area contributed by atoms with Gasteiger partial charge in [0.25, 0.3) is 0 Å². The number of rotatable bonds is 1. The molecule has 0 bridgehead atoms.